The molecule has 0 saturated heterocycles. The van der Waals surface area contributed by atoms with E-state index in [-0.39, 0.29) is 12.5 Å². The highest BCUT2D eigenvalue weighted by Crippen LogP contribution is 2.24. The zero-order valence-corrected chi connectivity index (χ0v) is 16.6. The van der Waals surface area contributed by atoms with Gasteiger partial charge < -0.3 is 5.32 Å². The number of nitrogens with one attached hydrogen (secondary N) is 1. The molecule has 0 aromatic heterocycles. The van der Waals surface area contributed by atoms with Gasteiger partial charge in [0.2, 0.25) is 10.0 Å². The predicted octanol–water partition coefficient (Wildman–Crippen LogP) is 3.69. The van der Waals surface area contributed by atoms with Gasteiger partial charge in [-0.1, -0.05) is 43.6 Å². The third-order valence-corrected chi connectivity index (χ3v) is 5.27. The van der Waals surface area contributed by atoms with Gasteiger partial charge in [-0.25, -0.2) is 8.42 Å². The highest BCUT2D eigenvalue weighted by atomic mass is 35.5. The van der Waals surface area contributed by atoms with Crippen molar-refractivity contribution in [2.24, 2.45) is 5.92 Å². The Labute approximate surface area is 160 Å². The first-order valence-electron chi connectivity index (χ1n) is 8.28. The molecule has 0 fully saturated rings. The number of carbonyl (C=O) groups is 1. The molecular formula is C19H23ClN2O3S. The molecule has 0 aliphatic heterocycles. The predicted molar refractivity (Wildman–Crippen MR) is 106 cm³/mol. The zero-order valence-electron chi connectivity index (χ0n) is 15.1. The molecule has 140 valence electrons. The molecule has 0 saturated carbocycles. The molecule has 0 bridgehead atoms. The van der Waals surface area contributed by atoms with Gasteiger partial charge >= 0.3 is 0 Å². The molecule has 0 atom stereocenters. The summed E-state index contributed by atoms with van der Waals surface area (Å²) in [5.41, 5.74) is 1.67. The summed E-state index contributed by atoms with van der Waals surface area (Å²) in [7, 11) is -3.51. The standard InChI is InChI=1S/C19H23ClN2O3S/c1-14(2)12-21-19(23)15-8-10-17(11-9-15)22(26(3,24)25)13-16-6-4-5-7-18(16)20/h4-11,14H,12-13H2,1-3H3,(H,21,23). The maximum absolute atomic E-state index is 12.2. The Morgan fingerprint density at radius 1 is 1.12 bits per heavy atom. The molecule has 0 spiro atoms. The number of anilines is 1. The van der Waals surface area contributed by atoms with Gasteiger partial charge in [0.25, 0.3) is 5.91 Å². The van der Waals surface area contributed by atoms with Gasteiger partial charge in [0.05, 0.1) is 18.5 Å². The second kappa shape index (κ2) is 8.56. The first-order valence-corrected chi connectivity index (χ1v) is 10.5. The van der Waals surface area contributed by atoms with Gasteiger partial charge in [-0.3, -0.25) is 9.10 Å². The number of sulfonamides is 1. The largest absolute Gasteiger partial charge is 0.352 e. The zero-order chi connectivity index (χ0) is 19.3. The van der Waals surface area contributed by atoms with Crippen LogP contribution >= 0.6 is 11.6 Å². The molecule has 2 aromatic rings. The number of amides is 1. The van der Waals surface area contributed by atoms with Crippen molar-refractivity contribution >= 4 is 33.2 Å². The van der Waals surface area contributed by atoms with E-state index in [9.17, 15) is 13.2 Å². The smallest absolute Gasteiger partial charge is 0.251 e. The van der Waals surface area contributed by atoms with E-state index in [2.05, 4.69) is 5.32 Å². The quantitative estimate of drug-likeness (QED) is 0.778. The van der Waals surface area contributed by atoms with Gasteiger partial charge in [0.15, 0.2) is 0 Å². The summed E-state index contributed by atoms with van der Waals surface area (Å²) >= 11 is 6.16. The van der Waals surface area contributed by atoms with E-state index in [1.54, 1.807) is 42.5 Å². The van der Waals surface area contributed by atoms with Crippen LogP contribution in [0.3, 0.4) is 0 Å². The van der Waals surface area contributed by atoms with Crippen molar-refractivity contribution in [1.29, 1.82) is 0 Å². The van der Waals surface area contributed by atoms with Crippen LogP contribution in [0, 0.1) is 5.92 Å². The van der Waals surface area contributed by atoms with Crippen molar-refractivity contribution in [3.63, 3.8) is 0 Å². The number of carbonyl (C=O) groups excluding carboxylic acids is 1. The monoisotopic (exact) mass is 394 g/mol. The van der Waals surface area contributed by atoms with E-state index in [4.69, 9.17) is 11.6 Å². The molecule has 0 aliphatic carbocycles. The molecular weight excluding hydrogens is 372 g/mol. The topological polar surface area (TPSA) is 66.5 Å². The molecule has 5 nitrogen and oxygen atoms in total. The van der Waals surface area contributed by atoms with E-state index in [1.807, 2.05) is 19.9 Å². The normalized spacial score (nSPS) is 11.4. The van der Waals surface area contributed by atoms with Crippen molar-refractivity contribution in [1.82, 2.24) is 5.32 Å². The average molecular weight is 395 g/mol. The van der Waals surface area contributed by atoms with Crippen molar-refractivity contribution in [2.45, 2.75) is 20.4 Å². The second-order valence-corrected chi connectivity index (χ2v) is 8.83. The number of benzene rings is 2. The lowest BCUT2D eigenvalue weighted by Gasteiger charge is -2.23. The number of hydrogen-bond acceptors (Lipinski definition) is 3. The first kappa shape index (κ1) is 20.3. The van der Waals surface area contributed by atoms with E-state index in [0.717, 1.165) is 6.26 Å². The van der Waals surface area contributed by atoms with Gasteiger partial charge in [-0.2, -0.15) is 0 Å². The number of halogens is 1. The number of rotatable bonds is 7. The Kier molecular flexibility index (Phi) is 6.67. The molecule has 0 radical (unpaired) electrons. The van der Waals surface area contributed by atoms with E-state index < -0.39 is 10.0 Å². The minimum absolute atomic E-state index is 0.122. The molecule has 2 rings (SSSR count). The Morgan fingerprint density at radius 3 is 2.27 bits per heavy atom. The minimum atomic E-state index is -3.51. The van der Waals surface area contributed by atoms with Crippen molar-refractivity contribution in [3.05, 3.63) is 64.7 Å². The van der Waals surface area contributed by atoms with Crippen molar-refractivity contribution < 1.29 is 13.2 Å². The van der Waals surface area contributed by atoms with Crippen LogP contribution in [0.5, 0.6) is 0 Å². The van der Waals surface area contributed by atoms with Crippen LogP contribution in [0.25, 0.3) is 0 Å². The third kappa shape index (κ3) is 5.47. The molecule has 26 heavy (non-hydrogen) atoms. The Hall–Kier alpha value is -2.05. The fourth-order valence-electron chi connectivity index (χ4n) is 2.36. The maximum atomic E-state index is 12.2. The summed E-state index contributed by atoms with van der Waals surface area (Å²) in [5, 5.41) is 3.34. The molecule has 0 aliphatic rings. The SMILES string of the molecule is CC(C)CNC(=O)c1ccc(N(Cc2ccccc2Cl)S(C)(=O)=O)cc1. The highest BCUT2D eigenvalue weighted by molar-refractivity contribution is 7.92. The van der Waals surface area contributed by atoms with E-state index in [0.29, 0.717) is 34.3 Å². The summed E-state index contributed by atoms with van der Waals surface area (Å²) in [6, 6.07) is 13.6. The molecule has 1 N–H and O–H groups in total. The first-order chi connectivity index (χ1) is 12.2. The molecule has 2 aromatic carbocycles. The fourth-order valence-corrected chi connectivity index (χ4v) is 3.43. The lowest BCUT2D eigenvalue weighted by molar-refractivity contribution is 0.0949. The average Bonchev–Trinajstić information content (AvgIpc) is 2.58. The summed E-state index contributed by atoms with van der Waals surface area (Å²) in [6.45, 7) is 4.74. The third-order valence-electron chi connectivity index (χ3n) is 3.76. The van der Waals surface area contributed by atoms with Crippen LogP contribution in [-0.4, -0.2) is 27.1 Å². The lowest BCUT2D eigenvalue weighted by Crippen LogP contribution is -2.30. The lowest BCUT2D eigenvalue weighted by atomic mass is 10.1. The maximum Gasteiger partial charge on any atom is 0.251 e. The van der Waals surface area contributed by atoms with Gasteiger partial charge in [0.1, 0.15) is 0 Å². The Balaban J connectivity index is 2.24. The molecule has 0 heterocycles. The van der Waals surface area contributed by atoms with E-state index in [1.165, 1.54) is 4.31 Å². The number of nitrogens with zero attached hydrogens (tertiary/aromatic N) is 1. The molecule has 0 unspecified atom stereocenters. The van der Waals surface area contributed by atoms with E-state index >= 15 is 0 Å². The highest BCUT2D eigenvalue weighted by Gasteiger charge is 2.19. The molecule has 7 heteroatoms. The van der Waals surface area contributed by atoms with Gasteiger partial charge in [0, 0.05) is 17.1 Å². The van der Waals surface area contributed by atoms with Gasteiger partial charge in [-0.15, -0.1) is 0 Å². The van der Waals surface area contributed by atoms with Crippen LogP contribution in [0.15, 0.2) is 48.5 Å². The van der Waals surface area contributed by atoms with Crippen molar-refractivity contribution in [2.75, 3.05) is 17.1 Å². The summed E-state index contributed by atoms with van der Waals surface area (Å²) in [5.74, 6) is 0.178. The van der Waals surface area contributed by atoms with Crippen LogP contribution in [0.2, 0.25) is 5.02 Å². The summed E-state index contributed by atoms with van der Waals surface area (Å²) < 4.78 is 25.8. The molecule has 1 amide bonds. The van der Waals surface area contributed by atoms with Crippen LogP contribution < -0.4 is 9.62 Å². The minimum Gasteiger partial charge on any atom is -0.352 e. The number of hydrogen-bond donors (Lipinski definition) is 1. The Bertz CT molecular complexity index is 865. The summed E-state index contributed by atoms with van der Waals surface area (Å²) in [6.07, 6.45) is 1.15. The second-order valence-electron chi connectivity index (χ2n) is 6.51. The Morgan fingerprint density at radius 2 is 1.73 bits per heavy atom. The summed E-state index contributed by atoms with van der Waals surface area (Å²) in [4.78, 5) is 12.1. The van der Waals surface area contributed by atoms with Crippen LogP contribution in [-0.2, 0) is 16.6 Å². The van der Waals surface area contributed by atoms with Crippen molar-refractivity contribution in [3.8, 4) is 0 Å². The van der Waals surface area contributed by atoms with Crippen LogP contribution in [0.4, 0.5) is 5.69 Å². The van der Waals surface area contributed by atoms with Gasteiger partial charge in [-0.05, 0) is 41.8 Å². The van der Waals surface area contributed by atoms with Crippen LogP contribution in [0.1, 0.15) is 29.8 Å². The fraction of sp³-hybridized carbons (Fsp3) is 0.316.